The second kappa shape index (κ2) is 17.2. The molecule has 3 aliphatic heterocycles. The minimum atomic E-state index is -0.592. The van der Waals surface area contributed by atoms with Crippen molar-refractivity contribution < 1.29 is 24.2 Å². The quantitative estimate of drug-likeness (QED) is 0.0701. The molecule has 54 heavy (non-hydrogen) atoms. The zero-order valence-electron chi connectivity index (χ0n) is 31.1. The first-order chi connectivity index (χ1) is 26.4. The van der Waals surface area contributed by atoms with Gasteiger partial charge in [-0.1, -0.05) is 61.5 Å². The smallest absolute Gasteiger partial charge is 0.255 e. The van der Waals surface area contributed by atoms with Crippen molar-refractivity contribution in [1.29, 1.82) is 0 Å². The van der Waals surface area contributed by atoms with Crippen LogP contribution in [0.2, 0.25) is 0 Å². The summed E-state index contributed by atoms with van der Waals surface area (Å²) in [4.78, 5) is 41.0. The van der Waals surface area contributed by atoms with Crippen molar-refractivity contribution in [3.63, 3.8) is 0 Å². The number of carbonyl (C=O) groups excluding carboxylic acids is 3. The van der Waals surface area contributed by atoms with Gasteiger partial charge in [0.05, 0.1) is 0 Å². The van der Waals surface area contributed by atoms with Gasteiger partial charge in [0, 0.05) is 37.3 Å². The van der Waals surface area contributed by atoms with Crippen LogP contribution in [0.25, 0.3) is 11.1 Å². The van der Waals surface area contributed by atoms with Crippen LogP contribution < -0.4 is 15.4 Å². The Morgan fingerprint density at radius 2 is 1.59 bits per heavy atom. The number of anilines is 1. The van der Waals surface area contributed by atoms with Crippen LogP contribution in [-0.2, 0) is 16.1 Å². The number of nitrogens with one attached hydrogen (secondary N) is 2. The van der Waals surface area contributed by atoms with Crippen LogP contribution in [0, 0.1) is 5.92 Å². The Labute approximate surface area is 318 Å². The first-order valence-corrected chi connectivity index (χ1v) is 19.4. The fourth-order valence-corrected chi connectivity index (χ4v) is 8.12. The Hall–Kier alpha value is -5.41. The van der Waals surface area contributed by atoms with Crippen molar-refractivity contribution in [3.8, 4) is 11.5 Å². The van der Waals surface area contributed by atoms with E-state index < -0.39 is 6.04 Å². The zero-order valence-corrected chi connectivity index (χ0v) is 31.1. The molecule has 280 valence electrons. The molecule has 1 unspecified atom stereocenters. The average molecular weight is 727 g/mol. The fourth-order valence-electron chi connectivity index (χ4n) is 8.12. The molecule has 9 nitrogen and oxygen atoms in total. The Morgan fingerprint density at radius 3 is 2.30 bits per heavy atom. The lowest BCUT2D eigenvalue weighted by molar-refractivity contribution is -0.136. The van der Waals surface area contributed by atoms with Gasteiger partial charge in [-0.15, -0.1) is 0 Å². The fraction of sp³-hybridized carbons (Fsp3) is 0.356. The van der Waals surface area contributed by atoms with Crippen molar-refractivity contribution in [2.75, 3.05) is 38.1 Å². The maximum absolute atomic E-state index is 13.0. The van der Waals surface area contributed by atoms with E-state index in [1.807, 2.05) is 36.4 Å². The molecule has 1 atom stereocenters. The molecule has 0 aliphatic carbocycles. The molecule has 2 saturated heterocycles. The monoisotopic (exact) mass is 726 g/mol. The van der Waals surface area contributed by atoms with Gasteiger partial charge in [-0.2, -0.15) is 0 Å². The van der Waals surface area contributed by atoms with Gasteiger partial charge in [-0.25, -0.2) is 0 Å². The maximum Gasteiger partial charge on any atom is 0.255 e. The van der Waals surface area contributed by atoms with Gasteiger partial charge < -0.3 is 20.1 Å². The number of allylic oxidation sites excluding steroid dienone is 1. The van der Waals surface area contributed by atoms with Gasteiger partial charge in [0.25, 0.3) is 5.91 Å². The molecule has 0 saturated carbocycles. The first kappa shape index (κ1) is 36.9. The number of ether oxygens (including phenoxy) is 1. The van der Waals surface area contributed by atoms with E-state index in [1.54, 1.807) is 17.0 Å². The summed E-state index contributed by atoms with van der Waals surface area (Å²) >= 11 is 0. The summed E-state index contributed by atoms with van der Waals surface area (Å²) in [5.41, 5.74) is 8.35. The number of hydrogen-bond donors (Lipinski definition) is 3. The van der Waals surface area contributed by atoms with Crippen LogP contribution >= 0.6 is 0 Å². The lowest BCUT2D eigenvalue weighted by Gasteiger charge is -2.31. The van der Waals surface area contributed by atoms with Crippen LogP contribution in [0.15, 0.2) is 97.1 Å². The third-order valence-corrected chi connectivity index (χ3v) is 11.1. The molecular weight excluding hydrogens is 677 g/mol. The molecule has 3 aliphatic rings. The summed E-state index contributed by atoms with van der Waals surface area (Å²) < 4.78 is 6.21. The number of hydrogen-bond acceptors (Lipinski definition) is 7. The third-order valence-electron chi connectivity index (χ3n) is 11.1. The van der Waals surface area contributed by atoms with Crippen molar-refractivity contribution in [2.24, 2.45) is 5.92 Å². The summed E-state index contributed by atoms with van der Waals surface area (Å²) in [6, 6.07) is 31.6. The predicted molar refractivity (Wildman–Crippen MR) is 212 cm³/mol. The second-order valence-electron chi connectivity index (χ2n) is 14.6. The molecule has 0 aromatic heterocycles. The van der Waals surface area contributed by atoms with E-state index in [9.17, 15) is 19.5 Å². The number of carbonyl (C=O) groups is 3. The number of piperidine rings is 2. The maximum atomic E-state index is 13.0. The highest BCUT2D eigenvalue weighted by Crippen LogP contribution is 2.36. The highest BCUT2D eigenvalue weighted by molar-refractivity contribution is 6.05. The van der Waals surface area contributed by atoms with Gasteiger partial charge in [-0.3, -0.25) is 24.6 Å². The SMILES string of the molecule is CCC(=C(c1ccc(O)cc1)c1ccc(OCCN2CCC(CCCNc3ccc4c(c3)CN(C3CCC(=O)NC3=O)C4=O)CC2)cc1)c1ccccc1. The number of imide groups is 1. The Kier molecular flexibility index (Phi) is 11.7. The van der Waals surface area contributed by atoms with E-state index in [4.69, 9.17) is 4.74 Å². The number of phenolic OH excluding ortho intramolecular Hbond substituents is 1. The minimum absolute atomic E-state index is 0.142. The van der Waals surface area contributed by atoms with Crippen LogP contribution in [0.4, 0.5) is 5.69 Å². The standard InChI is InChI=1S/C45H50N4O5/c1-2-39(32-8-4-3-5-9-32)43(33-10-15-37(50)16-11-33)34-12-17-38(18-13-34)54-28-27-48-25-22-31(23-26-48)7-6-24-46-36-14-19-40-35(29-36)30-49(45(40)53)41-20-21-42(51)47-44(41)52/h3-5,8-19,29,31,41,46,50H,2,6-7,20-28,30H2,1H3,(H,47,51,52). The largest absolute Gasteiger partial charge is 0.508 e. The predicted octanol–water partition coefficient (Wildman–Crippen LogP) is 7.51. The molecule has 3 heterocycles. The molecule has 3 N–H and O–H groups in total. The Bertz CT molecular complexity index is 1970. The number of rotatable bonds is 14. The van der Waals surface area contributed by atoms with Gasteiger partial charge in [0.2, 0.25) is 11.8 Å². The van der Waals surface area contributed by atoms with Crippen LogP contribution in [0.3, 0.4) is 0 Å². The normalized spacial score (nSPS) is 18.3. The summed E-state index contributed by atoms with van der Waals surface area (Å²) in [5.74, 6) is 1.04. The lowest BCUT2D eigenvalue weighted by Crippen LogP contribution is -2.52. The summed E-state index contributed by atoms with van der Waals surface area (Å²) in [6.07, 6.45) is 6.15. The highest BCUT2D eigenvalue weighted by Gasteiger charge is 2.39. The lowest BCUT2D eigenvalue weighted by atomic mass is 9.88. The van der Waals surface area contributed by atoms with Gasteiger partial charge in [0.1, 0.15) is 24.1 Å². The van der Waals surface area contributed by atoms with Crippen molar-refractivity contribution >= 4 is 34.6 Å². The molecule has 0 bridgehead atoms. The number of aromatic hydroxyl groups is 1. The summed E-state index contributed by atoms with van der Waals surface area (Å²) in [7, 11) is 0. The van der Waals surface area contributed by atoms with E-state index >= 15 is 0 Å². The molecule has 0 spiro atoms. The second-order valence-corrected chi connectivity index (χ2v) is 14.6. The molecule has 2 fully saturated rings. The van der Waals surface area contributed by atoms with Gasteiger partial charge >= 0.3 is 0 Å². The number of benzene rings is 4. The van der Waals surface area contributed by atoms with Gasteiger partial charge in [-0.05, 0) is 133 Å². The minimum Gasteiger partial charge on any atom is -0.508 e. The van der Waals surface area contributed by atoms with Crippen molar-refractivity contribution in [1.82, 2.24) is 15.1 Å². The van der Waals surface area contributed by atoms with E-state index in [-0.39, 0.29) is 29.9 Å². The summed E-state index contributed by atoms with van der Waals surface area (Å²) in [6.45, 7) is 7.17. The molecule has 4 aromatic rings. The number of amides is 3. The van der Waals surface area contributed by atoms with Gasteiger partial charge in [0.15, 0.2) is 0 Å². The number of fused-ring (bicyclic) bond motifs is 1. The van der Waals surface area contributed by atoms with Crippen LogP contribution in [-0.4, -0.2) is 71.5 Å². The van der Waals surface area contributed by atoms with E-state index in [2.05, 4.69) is 71.0 Å². The number of likely N-dealkylation sites (tertiary alicyclic amines) is 1. The van der Waals surface area contributed by atoms with E-state index in [0.717, 1.165) is 78.6 Å². The zero-order chi connectivity index (χ0) is 37.4. The molecule has 9 heteroatoms. The van der Waals surface area contributed by atoms with E-state index in [0.29, 0.717) is 25.1 Å². The molecule has 3 amide bonds. The molecule has 0 radical (unpaired) electrons. The Balaban J connectivity index is 0.835. The third kappa shape index (κ3) is 8.69. The number of phenols is 1. The molecule has 7 rings (SSSR count). The van der Waals surface area contributed by atoms with Crippen LogP contribution in [0.5, 0.6) is 11.5 Å². The topological polar surface area (TPSA) is 111 Å². The summed E-state index contributed by atoms with van der Waals surface area (Å²) in [5, 5.41) is 15.8. The van der Waals surface area contributed by atoms with E-state index in [1.165, 1.54) is 30.4 Å². The van der Waals surface area contributed by atoms with Crippen LogP contribution in [0.1, 0.15) is 84.5 Å². The average Bonchev–Trinajstić information content (AvgIpc) is 3.52. The highest BCUT2D eigenvalue weighted by atomic mass is 16.5. The Morgan fingerprint density at radius 1 is 0.870 bits per heavy atom. The first-order valence-electron chi connectivity index (χ1n) is 19.4. The molecular formula is C45H50N4O5. The molecule has 4 aromatic carbocycles. The van der Waals surface area contributed by atoms with Crippen molar-refractivity contribution in [2.45, 2.75) is 64.5 Å². The number of nitrogens with zero attached hydrogens (tertiary/aromatic N) is 2. The van der Waals surface area contributed by atoms with Crippen molar-refractivity contribution in [3.05, 3.63) is 125 Å².